The second kappa shape index (κ2) is 6.62. The maximum absolute atomic E-state index is 11.8. The van der Waals surface area contributed by atoms with E-state index >= 15 is 0 Å². The molecule has 0 fully saturated rings. The Kier molecular flexibility index (Phi) is 6.26. The minimum absolute atomic E-state index is 0.229. The molecule has 0 radical (unpaired) electrons. The number of hydrogen-bond acceptors (Lipinski definition) is 3. The molecule has 0 aliphatic carbocycles. The van der Waals surface area contributed by atoms with E-state index < -0.39 is 18.8 Å². The number of aliphatic hydroxyl groups is 1. The minimum Gasteiger partial charge on any atom is -0.382 e. The molecule has 0 rings (SSSR count). The maximum Gasteiger partial charge on any atom is 0.415 e. The van der Waals surface area contributed by atoms with Gasteiger partial charge >= 0.3 is 6.18 Å². The first-order valence-electron chi connectivity index (χ1n) is 4.60. The first-order chi connectivity index (χ1) is 6.88. The molecule has 4 nitrogen and oxygen atoms in total. The van der Waals surface area contributed by atoms with Gasteiger partial charge < -0.3 is 15.7 Å². The topological polar surface area (TPSA) is 61.4 Å². The number of hydrogen-bond donors (Lipinski definition) is 3. The van der Waals surface area contributed by atoms with Gasteiger partial charge in [0.2, 0.25) is 5.91 Å². The molecule has 0 aromatic heterocycles. The Morgan fingerprint density at radius 3 is 2.53 bits per heavy atom. The summed E-state index contributed by atoms with van der Waals surface area (Å²) in [6, 6.07) is 0. The lowest BCUT2D eigenvalue weighted by Crippen LogP contribution is -2.42. The van der Waals surface area contributed by atoms with Crippen molar-refractivity contribution in [3.05, 3.63) is 0 Å². The first-order valence-corrected chi connectivity index (χ1v) is 4.60. The Bertz CT molecular complexity index is 197. The molecular weight excluding hydrogens is 213 g/mol. The van der Waals surface area contributed by atoms with E-state index in [1.54, 1.807) is 0 Å². The van der Waals surface area contributed by atoms with E-state index in [1.807, 2.05) is 6.92 Å². The lowest BCUT2D eigenvalue weighted by atomic mass is 10.3. The van der Waals surface area contributed by atoms with Gasteiger partial charge in [-0.1, -0.05) is 6.92 Å². The normalized spacial score (nSPS) is 13.7. The molecule has 0 saturated carbocycles. The van der Waals surface area contributed by atoms with Crippen molar-refractivity contribution in [3.63, 3.8) is 0 Å². The monoisotopic (exact) mass is 228 g/mol. The summed E-state index contributed by atoms with van der Waals surface area (Å²) in [6.07, 6.45) is -6.32. The fourth-order valence-electron chi connectivity index (χ4n) is 0.765. The largest absolute Gasteiger partial charge is 0.415 e. The van der Waals surface area contributed by atoms with E-state index in [0.29, 0.717) is 6.54 Å². The van der Waals surface area contributed by atoms with Crippen LogP contribution in [-0.2, 0) is 4.79 Å². The van der Waals surface area contributed by atoms with E-state index in [-0.39, 0.29) is 12.5 Å². The number of alkyl halides is 3. The quantitative estimate of drug-likeness (QED) is 0.601. The summed E-state index contributed by atoms with van der Waals surface area (Å²) >= 11 is 0. The number of carbonyl (C=O) groups excluding carboxylic acids is 1. The third kappa shape index (κ3) is 7.15. The van der Waals surface area contributed by atoms with Gasteiger partial charge in [0.15, 0.2) is 6.10 Å². The second-order valence-corrected chi connectivity index (χ2v) is 3.04. The zero-order chi connectivity index (χ0) is 11.9. The van der Waals surface area contributed by atoms with Crippen LogP contribution in [0.1, 0.15) is 13.3 Å². The van der Waals surface area contributed by atoms with Crippen LogP contribution in [0.15, 0.2) is 0 Å². The molecule has 0 heterocycles. The Morgan fingerprint density at radius 1 is 1.47 bits per heavy atom. The number of aliphatic hydroxyl groups excluding tert-OH is 1. The van der Waals surface area contributed by atoms with Crippen LogP contribution in [0.4, 0.5) is 13.2 Å². The van der Waals surface area contributed by atoms with E-state index in [1.165, 1.54) is 0 Å². The van der Waals surface area contributed by atoms with Crippen molar-refractivity contribution >= 4 is 5.91 Å². The zero-order valence-corrected chi connectivity index (χ0v) is 8.40. The summed E-state index contributed by atoms with van der Waals surface area (Å²) in [4.78, 5) is 10.9. The Balaban J connectivity index is 3.57. The van der Waals surface area contributed by atoms with Gasteiger partial charge in [0.1, 0.15) is 0 Å². The van der Waals surface area contributed by atoms with E-state index in [2.05, 4.69) is 10.6 Å². The molecule has 1 atom stereocenters. The SMILES string of the molecule is CCCNC(=O)CNCC(O)C(F)(F)F. The van der Waals surface area contributed by atoms with Crippen molar-refractivity contribution in [2.24, 2.45) is 0 Å². The molecule has 7 heteroatoms. The third-order valence-electron chi connectivity index (χ3n) is 1.57. The van der Waals surface area contributed by atoms with Crippen LogP contribution < -0.4 is 10.6 Å². The standard InChI is InChI=1S/C8H15F3N2O2/c1-2-3-13-7(15)5-12-4-6(14)8(9,10)11/h6,12,14H,2-5H2,1H3,(H,13,15). The van der Waals surface area contributed by atoms with Crippen molar-refractivity contribution in [1.29, 1.82) is 0 Å². The van der Waals surface area contributed by atoms with Gasteiger partial charge in [0.25, 0.3) is 0 Å². The summed E-state index contributed by atoms with van der Waals surface area (Å²) < 4.78 is 35.4. The van der Waals surface area contributed by atoms with Gasteiger partial charge in [0, 0.05) is 13.1 Å². The molecule has 0 aliphatic heterocycles. The second-order valence-electron chi connectivity index (χ2n) is 3.04. The van der Waals surface area contributed by atoms with Crippen LogP contribution in [-0.4, -0.2) is 42.9 Å². The van der Waals surface area contributed by atoms with Crippen LogP contribution in [0, 0.1) is 0 Å². The third-order valence-corrected chi connectivity index (χ3v) is 1.57. The van der Waals surface area contributed by atoms with Gasteiger partial charge in [-0.15, -0.1) is 0 Å². The molecule has 1 unspecified atom stereocenters. The van der Waals surface area contributed by atoms with Crippen molar-refractivity contribution in [1.82, 2.24) is 10.6 Å². The predicted molar refractivity (Wildman–Crippen MR) is 48.2 cm³/mol. The minimum atomic E-state index is -4.65. The molecule has 0 aromatic rings. The van der Waals surface area contributed by atoms with Gasteiger partial charge in [-0.3, -0.25) is 4.79 Å². The number of nitrogens with one attached hydrogen (secondary N) is 2. The van der Waals surface area contributed by atoms with Gasteiger partial charge in [0.05, 0.1) is 6.54 Å². The first kappa shape index (κ1) is 14.2. The summed E-state index contributed by atoms with van der Waals surface area (Å²) in [5, 5.41) is 13.3. The van der Waals surface area contributed by atoms with Crippen LogP contribution in [0.2, 0.25) is 0 Å². The Morgan fingerprint density at radius 2 is 2.07 bits per heavy atom. The predicted octanol–water partition coefficient (Wildman–Crippen LogP) is 0.0254. The molecule has 3 N–H and O–H groups in total. The highest BCUT2D eigenvalue weighted by molar-refractivity contribution is 5.77. The summed E-state index contributed by atoms with van der Waals surface area (Å²) in [7, 11) is 0. The van der Waals surface area contributed by atoms with Gasteiger partial charge in [-0.05, 0) is 6.42 Å². The Labute approximate surface area is 85.8 Å². The van der Waals surface area contributed by atoms with Crippen LogP contribution in [0.25, 0.3) is 0 Å². The summed E-state index contributed by atoms with van der Waals surface area (Å²) in [6.45, 7) is 1.44. The van der Waals surface area contributed by atoms with E-state index in [9.17, 15) is 18.0 Å². The lowest BCUT2D eigenvalue weighted by molar-refractivity contribution is -0.201. The highest BCUT2D eigenvalue weighted by Crippen LogP contribution is 2.18. The molecule has 15 heavy (non-hydrogen) atoms. The fourth-order valence-corrected chi connectivity index (χ4v) is 0.765. The number of halogens is 3. The molecule has 0 aliphatic rings. The van der Waals surface area contributed by atoms with Crippen molar-refractivity contribution in [2.75, 3.05) is 19.6 Å². The van der Waals surface area contributed by atoms with E-state index in [4.69, 9.17) is 5.11 Å². The molecule has 0 aromatic carbocycles. The highest BCUT2D eigenvalue weighted by atomic mass is 19.4. The number of carbonyl (C=O) groups is 1. The van der Waals surface area contributed by atoms with Crippen LogP contribution in [0.3, 0.4) is 0 Å². The summed E-state index contributed by atoms with van der Waals surface area (Å²) in [5.74, 6) is -0.383. The molecular formula is C8H15F3N2O2. The average Bonchev–Trinajstić information content (AvgIpc) is 2.13. The molecule has 0 bridgehead atoms. The van der Waals surface area contributed by atoms with Crippen LogP contribution >= 0.6 is 0 Å². The smallest absolute Gasteiger partial charge is 0.382 e. The summed E-state index contributed by atoms with van der Waals surface area (Å²) in [5.41, 5.74) is 0. The Hall–Kier alpha value is -0.820. The number of amides is 1. The lowest BCUT2D eigenvalue weighted by Gasteiger charge is -2.14. The molecule has 0 spiro atoms. The number of rotatable bonds is 6. The molecule has 90 valence electrons. The average molecular weight is 228 g/mol. The molecule has 1 amide bonds. The van der Waals surface area contributed by atoms with E-state index in [0.717, 1.165) is 6.42 Å². The van der Waals surface area contributed by atoms with Gasteiger partial charge in [-0.2, -0.15) is 13.2 Å². The fraction of sp³-hybridized carbons (Fsp3) is 0.875. The maximum atomic E-state index is 11.8. The molecule has 0 saturated heterocycles. The highest BCUT2D eigenvalue weighted by Gasteiger charge is 2.37. The zero-order valence-electron chi connectivity index (χ0n) is 8.40. The van der Waals surface area contributed by atoms with Crippen molar-refractivity contribution in [3.8, 4) is 0 Å². The van der Waals surface area contributed by atoms with Crippen molar-refractivity contribution < 1.29 is 23.1 Å². The van der Waals surface area contributed by atoms with Gasteiger partial charge in [-0.25, -0.2) is 0 Å². The van der Waals surface area contributed by atoms with Crippen LogP contribution in [0.5, 0.6) is 0 Å². The van der Waals surface area contributed by atoms with Crippen molar-refractivity contribution in [2.45, 2.75) is 25.6 Å².